The van der Waals surface area contributed by atoms with Gasteiger partial charge in [-0.15, -0.1) is 0 Å². The lowest BCUT2D eigenvalue weighted by molar-refractivity contribution is 0.219. The molecule has 0 N–H and O–H groups in total. The number of aryl methyl sites for hydroxylation is 2. The predicted octanol–water partition coefficient (Wildman–Crippen LogP) is 2.24. The standard InChI is InChI=1S/C14H20ClN5/c1-11-13(14(15)18(2)17-11)10-19-7-3-5-12(19)9-20-8-4-6-16-20/h4,6,8,12H,3,5,7,9-10H2,1-2H3. The van der Waals surface area contributed by atoms with Crippen molar-refractivity contribution < 1.29 is 0 Å². The molecule has 2 aromatic heterocycles. The summed E-state index contributed by atoms with van der Waals surface area (Å²) < 4.78 is 3.77. The fourth-order valence-corrected chi connectivity index (χ4v) is 3.23. The van der Waals surface area contributed by atoms with Crippen LogP contribution < -0.4 is 0 Å². The van der Waals surface area contributed by atoms with Crippen LogP contribution in [-0.2, 0) is 20.1 Å². The molecule has 5 nitrogen and oxygen atoms in total. The molecule has 6 heteroatoms. The highest BCUT2D eigenvalue weighted by Crippen LogP contribution is 2.26. The Balaban J connectivity index is 1.72. The van der Waals surface area contributed by atoms with Gasteiger partial charge in [0.25, 0.3) is 0 Å². The number of nitrogens with zero attached hydrogens (tertiary/aromatic N) is 5. The topological polar surface area (TPSA) is 38.9 Å². The maximum absolute atomic E-state index is 6.34. The minimum absolute atomic E-state index is 0.533. The highest BCUT2D eigenvalue weighted by Gasteiger charge is 2.27. The fraction of sp³-hybridized carbons (Fsp3) is 0.571. The van der Waals surface area contributed by atoms with Gasteiger partial charge in [-0.2, -0.15) is 10.2 Å². The second-order valence-corrected chi connectivity index (χ2v) is 5.83. The molecule has 0 bridgehead atoms. The number of hydrogen-bond acceptors (Lipinski definition) is 3. The second-order valence-electron chi connectivity index (χ2n) is 5.47. The van der Waals surface area contributed by atoms with Crippen LogP contribution in [0.1, 0.15) is 24.1 Å². The molecule has 0 aliphatic carbocycles. The first kappa shape index (κ1) is 13.6. The van der Waals surface area contributed by atoms with Gasteiger partial charge in [0, 0.05) is 37.6 Å². The van der Waals surface area contributed by atoms with E-state index in [1.807, 2.05) is 37.1 Å². The molecule has 1 atom stereocenters. The predicted molar refractivity (Wildman–Crippen MR) is 78.6 cm³/mol. The Hall–Kier alpha value is -1.33. The normalized spacial score (nSPS) is 19.9. The third-order valence-corrected chi connectivity index (χ3v) is 4.56. The smallest absolute Gasteiger partial charge is 0.131 e. The molecule has 3 rings (SSSR count). The summed E-state index contributed by atoms with van der Waals surface area (Å²) in [5.41, 5.74) is 2.18. The summed E-state index contributed by atoms with van der Waals surface area (Å²) in [6.45, 7) is 4.98. The first-order valence-corrected chi connectivity index (χ1v) is 7.42. The van der Waals surface area contributed by atoms with E-state index < -0.39 is 0 Å². The molecule has 1 aliphatic heterocycles. The average molecular weight is 294 g/mol. The fourth-order valence-electron chi connectivity index (χ4n) is 2.99. The van der Waals surface area contributed by atoms with Crippen LogP contribution in [0.3, 0.4) is 0 Å². The van der Waals surface area contributed by atoms with Crippen molar-refractivity contribution in [2.24, 2.45) is 7.05 Å². The zero-order valence-corrected chi connectivity index (χ0v) is 12.7. The summed E-state index contributed by atoms with van der Waals surface area (Å²) in [4.78, 5) is 2.50. The third kappa shape index (κ3) is 2.60. The third-order valence-electron chi connectivity index (χ3n) is 4.09. The Morgan fingerprint density at radius 2 is 2.30 bits per heavy atom. The SMILES string of the molecule is Cc1nn(C)c(Cl)c1CN1CCCC1Cn1cccn1. The van der Waals surface area contributed by atoms with Crippen LogP contribution in [0.2, 0.25) is 5.15 Å². The molecule has 0 saturated carbocycles. The molecule has 0 radical (unpaired) electrons. The number of likely N-dealkylation sites (tertiary alicyclic amines) is 1. The molecule has 3 heterocycles. The lowest BCUT2D eigenvalue weighted by atomic mass is 10.2. The van der Waals surface area contributed by atoms with Crippen LogP contribution >= 0.6 is 11.6 Å². The molecule has 1 fully saturated rings. The molecule has 20 heavy (non-hydrogen) atoms. The van der Waals surface area contributed by atoms with E-state index >= 15 is 0 Å². The molecule has 0 amide bonds. The molecular weight excluding hydrogens is 274 g/mol. The van der Waals surface area contributed by atoms with Gasteiger partial charge in [-0.1, -0.05) is 11.6 Å². The Morgan fingerprint density at radius 3 is 2.95 bits per heavy atom. The lowest BCUT2D eigenvalue weighted by Gasteiger charge is -2.24. The van der Waals surface area contributed by atoms with Gasteiger partial charge < -0.3 is 0 Å². The van der Waals surface area contributed by atoms with Crippen molar-refractivity contribution in [3.63, 3.8) is 0 Å². The second kappa shape index (κ2) is 5.58. The molecule has 0 aromatic carbocycles. The van der Waals surface area contributed by atoms with E-state index in [2.05, 4.69) is 15.1 Å². The Labute approximate surface area is 124 Å². The summed E-state index contributed by atoms with van der Waals surface area (Å²) >= 11 is 6.34. The summed E-state index contributed by atoms with van der Waals surface area (Å²) in [5, 5.41) is 9.46. The van der Waals surface area contributed by atoms with Gasteiger partial charge in [0.05, 0.1) is 12.2 Å². The maximum atomic E-state index is 6.34. The van der Waals surface area contributed by atoms with E-state index in [4.69, 9.17) is 11.6 Å². The highest BCUT2D eigenvalue weighted by atomic mass is 35.5. The van der Waals surface area contributed by atoms with E-state index in [0.717, 1.165) is 36.0 Å². The van der Waals surface area contributed by atoms with Gasteiger partial charge in [0.2, 0.25) is 0 Å². The zero-order chi connectivity index (χ0) is 14.1. The lowest BCUT2D eigenvalue weighted by Crippen LogP contribution is -2.32. The van der Waals surface area contributed by atoms with Crippen LogP contribution in [-0.4, -0.2) is 37.0 Å². The summed E-state index contributed by atoms with van der Waals surface area (Å²) in [6.07, 6.45) is 6.32. The van der Waals surface area contributed by atoms with Crippen molar-refractivity contribution in [1.82, 2.24) is 24.5 Å². The highest BCUT2D eigenvalue weighted by molar-refractivity contribution is 6.30. The number of aromatic nitrogens is 4. The van der Waals surface area contributed by atoms with Crippen molar-refractivity contribution >= 4 is 11.6 Å². The van der Waals surface area contributed by atoms with Gasteiger partial charge >= 0.3 is 0 Å². The van der Waals surface area contributed by atoms with E-state index in [0.29, 0.717) is 6.04 Å². The van der Waals surface area contributed by atoms with Gasteiger partial charge in [0.15, 0.2) is 0 Å². The van der Waals surface area contributed by atoms with Crippen LogP contribution in [0.4, 0.5) is 0 Å². The van der Waals surface area contributed by atoms with Crippen LogP contribution in [0.5, 0.6) is 0 Å². The minimum Gasteiger partial charge on any atom is -0.294 e. The zero-order valence-electron chi connectivity index (χ0n) is 12.0. The van der Waals surface area contributed by atoms with Crippen molar-refractivity contribution in [2.75, 3.05) is 6.54 Å². The Bertz CT molecular complexity index is 575. The van der Waals surface area contributed by atoms with Crippen molar-refractivity contribution in [3.8, 4) is 0 Å². The van der Waals surface area contributed by atoms with Crippen LogP contribution in [0, 0.1) is 6.92 Å². The largest absolute Gasteiger partial charge is 0.294 e. The molecule has 1 unspecified atom stereocenters. The van der Waals surface area contributed by atoms with Crippen molar-refractivity contribution in [1.29, 1.82) is 0 Å². The van der Waals surface area contributed by atoms with Crippen LogP contribution in [0.25, 0.3) is 0 Å². The van der Waals surface area contributed by atoms with Crippen LogP contribution in [0.15, 0.2) is 18.5 Å². The van der Waals surface area contributed by atoms with Gasteiger partial charge in [-0.3, -0.25) is 14.3 Å². The number of hydrogen-bond donors (Lipinski definition) is 0. The summed E-state index contributed by atoms with van der Waals surface area (Å²) in [6, 6.07) is 2.51. The van der Waals surface area contributed by atoms with E-state index in [-0.39, 0.29) is 0 Å². The average Bonchev–Trinajstić information content (AvgIpc) is 3.11. The molecule has 108 valence electrons. The molecule has 1 aliphatic rings. The van der Waals surface area contributed by atoms with Crippen molar-refractivity contribution in [3.05, 3.63) is 34.9 Å². The molecule has 2 aromatic rings. The summed E-state index contributed by atoms with van der Waals surface area (Å²) in [5.74, 6) is 0. The number of halogens is 1. The van der Waals surface area contributed by atoms with Gasteiger partial charge in [0.1, 0.15) is 5.15 Å². The Kier molecular flexibility index (Phi) is 3.81. The van der Waals surface area contributed by atoms with Crippen molar-refractivity contribution in [2.45, 2.75) is 38.9 Å². The van der Waals surface area contributed by atoms with Gasteiger partial charge in [-0.05, 0) is 32.4 Å². The number of rotatable bonds is 4. The first-order valence-electron chi connectivity index (χ1n) is 7.04. The minimum atomic E-state index is 0.533. The molecular formula is C14H20ClN5. The quantitative estimate of drug-likeness (QED) is 0.868. The molecule has 1 saturated heterocycles. The maximum Gasteiger partial charge on any atom is 0.131 e. The van der Waals surface area contributed by atoms with E-state index in [1.54, 1.807) is 4.68 Å². The van der Waals surface area contributed by atoms with E-state index in [9.17, 15) is 0 Å². The summed E-state index contributed by atoms with van der Waals surface area (Å²) in [7, 11) is 1.89. The van der Waals surface area contributed by atoms with E-state index in [1.165, 1.54) is 12.8 Å². The monoisotopic (exact) mass is 293 g/mol. The Morgan fingerprint density at radius 1 is 1.45 bits per heavy atom. The first-order chi connectivity index (χ1) is 9.65. The molecule has 0 spiro atoms. The van der Waals surface area contributed by atoms with Gasteiger partial charge in [-0.25, -0.2) is 0 Å².